The van der Waals surface area contributed by atoms with Gasteiger partial charge in [-0.1, -0.05) is 66.4 Å². The van der Waals surface area contributed by atoms with Crippen molar-refractivity contribution in [3.63, 3.8) is 0 Å². The summed E-state index contributed by atoms with van der Waals surface area (Å²) in [6, 6.07) is 32.1. The largest absolute Gasteiger partial charge is 0.489 e. The van der Waals surface area contributed by atoms with Crippen molar-refractivity contribution in [1.29, 1.82) is 0 Å². The van der Waals surface area contributed by atoms with E-state index in [1.807, 2.05) is 78.9 Å². The van der Waals surface area contributed by atoms with Crippen LogP contribution in [0.5, 0.6) is 5.75 Å². The van der Waals surface area contributed by atoms with Crippen LogP contribution in [0.3, 0.4) is 0 Å². The van der Waals surface area contributed by atoms with Crippen molar-refractivity contribution in [2.24, 2.45) is 0 Å². The SMILES string of the molecule is O=C(Cc1ccc(Sc2ccc(OCc3ccccc3)cc2)cc1)Nc1ccccc1C(=O)O. The van der Waals surface area contributed by atoms with Crippen molar-refractivity contribution in [2.75, 3.05) is 5.32 Å². The maximum absolute atomic E-state index is 12.4. The highest BCUT2D eigenvalue weighted by Gasteiger charge is 2.12. The second-order valence-electron chi connectivity index (χ2n) is 7.57. The van der Waals surface area contributed by atoms with Crippen LogP contribution in [-0.4, -0.2) is 17.0 Å². The summed E-state index contributed by atoms with van der Waals surface area (Å²) in [4.78, 5) is 25.8. The minimum atomic E-state index is -1.08. The number of benzene rings is 4. The zero-order chi connectivity index (χ0) is 23.8. The first-order valence-electron chi connectivity index (χ1n) is 10.7. The van der Waals surface area contributed by atoms with Gasteiger partial charge in [0.2, 0.25) is 5.91 Å². The van der Waals surface area contributed by atoms with E-state index in [2.05, 4.69) is 5.32 Å². The molecule has 0 saturated heterocycles. The molecule has 0 unspecified atom stereocenters. The molecule has 1 amide bonds. The van der Waals surface area contributed by atoms with E-state index in [9.17, 15) is 14.7 Å². The molecule has 0 atom stereocenters. The van der Waals surface area contributed by atoms with Gasteiger partial charge < -0.3 is 15.2 Å². The lowest BCUT2D eigenvalue weighted by atomic mass is 10.1. The number of rotatable bonds is 9. The van der Waals surface area contributed by atoms with Crippen molar-refractivity contribution >= 4 is 29.3 Å². The molecular weight excluding hydrogens is 446 g/mol. The first kappa shape index (κ1) is 23.1. The van der Waals surface area contributed by atoms with E-state index in [4.69, 9.17) is 4.74 Å². The lowest BCUT2D eigenvalue weighted by molar-refractivity contribution is -0.115. The van der Waals surface area contributed by atoms with Gasteiger partial charge in [-0.15, -0.1) is 0 Å². The zero-order valence-electron chi connectivity index (χ0n) is 18.3. The zero-order valence-corrected chi connectivity index (χ0v) is 19.1. The van der Waals surface area contributed by atoms with Gasteiger partial charge >= 0.3 is 5.97 Å². The minimum absolute atomic E-state index is 0.0686. The van der Waals surface area contributed by atoms with Crippen molar-refractivity contribution < 1.29 is 19.4 Å². The molecule has 0 radical (unpaired) electrons. The van der Waals surface area contributed by atoms with E-state index < -0.39 is 5.97 Å². The van der Waals surface area contributed by atoms with Crippen LogP contribution in [0.4, 0.5) is 5.69 Å². The molecule has 0 saturated carbocycles. The Labute approximate surface area is 202 Å². The van der Waals surface area contributed by atoms with Gasteiger partial charge in [-0.2, -0.15) is 0 Å². The Morgan fingerprint density at radius 2 is 1.35 bits per heavy atom. The summed E-state index contributed by atoms with van der Waals surface area (Å²) in [5, 5.41) is 11.9. The number of hydrogen-bond donors (Lipinski definition) is 2. The predicted molar refractivity (Wildman–Crippen MR) is 134 cm³/mol. The fourth-order valence-electron chi connectivity index (χ4n) is 3.31. The predicted octanol–water partition coefficient (Wildman–Crippen LogP) is 6.30. The Morgan fingerprint density at radius 3 is 2.03 bits per heavy atom. The molecule has 0 aliphatic carbocycles. The van der Waals surface area contributed by atoms with Gasteiger partial charge in [-0.05, 0) is 59.7 Å². The summed E-state index contributed by atoms with van der Waals surface area (Å²) in [5.74, 6) is -0.521. The first-order chi connectivity index (χ1) is 16.6. The van der Waals surface area contributed by atoms with Gasteiger partial charge in [0.1, 0.15) is 12.4 Å². The molecule has 5 nitrogen and oxygen atoms in total. The van der Waals surface area contributed by atoms with E-state index in [0.29, 0.717) is 12.3 Å². The lowest BCUT2D eigenvalue weighted by Gasteiger charge is -2.09. The third-order valence-electron chi connectivity index (χ3n) is 5.03. The molecule has 34 heavy (non-hydrogen) atoms. The van der Waals surface area contributed by atoms with Gasteiger partial charge in [0.05, 0.1) is 17.7 Å². The number of para-hydroxylation sites is 1. The third-order valence-corrected chi connectivity index (χ3v) is 6.04. The van der Waals surface area contributed by atoms with Gasteiger partial charge in [-0.3, -0.25) is 4.79 Å². The molecule has 4 aromatic carbocycles. The fraction of sp³-hybridized carbons (Fsp3) is 0.0714. The Bertz CT molecular complexity index is 1260. The van der Waals surface area contributed by atoms with Crippen LogP contribution in [0.1, 0.15) is 21.5 Å². The van der Waals surface area contributed by atoms with Crippen LogP contribution < -0.4 is 10.1 Å². The van der Waals surface area contributed by atoms with Crippen molar-refractivity contribution in [2.45, 2.75) is 22.8 Å². The van der Waals surface area contributed by atoms with E-state index in [-0.39, 0.29) is 17.9 Å². The van der Waals surface area contributed by atoms with E-state index in [1.54, 1.807) is 30.0 Å². The maximum Gasteiger partial charge on any atom is 0.337 e. The summed E-state index contributed by atoms with van der Waals surface area (Å²) in [6.07, 6.45) is 0.159. The number of nitrogens with one attached hydrogen (secondary N) is 1. The molecule has 0 fully saturated rings. The number of ether oxygens (including phenoxy) is 1. The van der Waals surface area contributed by atoms with Crippen LogP contribution in [0.15, 0.2) is 113 Å². The standard InChI is InChI=1S/C28H23NO4S/c30-27(29-26-9-5-4-8-25(26)28(31)32)18-20-10-14-23(15-11-20)34-24-16-12-22(13-17-24)33-19-21-6-2-1-3-7-21/h1-17H,18-19H2,(H,29,30)(H,31,32). The average Bonchev–Trinajstić information content (AvgIpc) is 2.85. The Kier molecular flexibility index (Phi) is 7.63. The highest BCUT2D eigenvalue weighted by Crippen LogP contribution is 2.29. The molecule has 0 aromatic heterocycles. The smallest absolute Gasteiger partial charge is 0.337 e. The quantitative estimate of drug-likeness (QED) is 0.301. The topological polar surface area (TPSA) is 75.6 Å². The molecular formula is C28H23NO4S. The normalized spacial score (nSPS) is 10.5. The van der Waals surface area contributed by atoms with Crippen molar-refractivity contribution in [3.8, 4) is 5.75 Å². The van der Waals surface area contributed by atoms with E-state index in [0.717, 1.165) is 26.7 Å². The van der Waals surface area contributed by atoms with Gasteiger partial charge in [0.15, 0.2) is 0 Å². The molecule has 0 bridgehead atoms. The Balaban J connectivity index is 1.29. The number of carbonyl (C=O) groups is 2. The Hall–Kier alpha value is -4.03. The van der Waals surface area contributed by atoms with Gasteiger partial charge in [0, 0.05) is 9.79 Å². The summed E-state index contributed by atoms with van der Waals surface area (Å²) in [5.41, 5.74) is 2.34. The number of anilines is 1. The van der Waals surface area contributed by atoms with Crippen LogP contribution in [0, 0.1) is 0 Å². The molecule has 2 N–H and O–H groups in total. The fourth-order valence-corrected chi connectivity index (χ4v) is 4.13. The van der Waals surface area contributed by atoms with Crippen LogP contribution >= 0.6 is 11.8 Å². The molecule has 0 heterocycles. The summed E-state index contributed by atoms with van der Waals surface area (Å²) in [6.45, 7) is 0.532. The maximum atomic E-state index is 12.4. The van der Waals surface area contributed by atoms with Crippen molar-refractivity contribution in [1.82, 2.24) is 0 Å². The average molecular weight is 470 g/mol. The number of carbonyl (C=O) groups excluding carboxylic acids is 1. The van der Waals surface area contributed by atoms with Crippen LogP contribution in [0.25, 0.3) is 0 Å². The highest BCUT2D eigenvalue weighted by molar-refractivity contribution is 7.99. The lowest BCUT2D eigenvalue weighted by Crippen LogP contribution is -2.16. The number of carboxylic acid groups (broad SMARTS) is 1. The van der Waals surface area contributed by atoms with Gasteiger partial charge in [-0.25, -0.2) is 4.79 Å². The highest BCUT2D eigenvalue weighted by atomic mass is 32.2. The Morgan fingerprint density at radius 1 is 0.735 bits per heavy atom. The van der Waals surface area contributed by atoms with Crippen LogP contribution in [0.2, 0.25) is 0 Å². The number of amides is 1. The van der Waals surface area contributed by atoms with E-state index in [1.165, 1.54) is 6.07 Å². The summed E-state index contributed by atoms with van der Waals surface area (Å²) < 4.78 is 5.83. The molecule has 0 aliphatic heterocycles. The summed E-state index contributed by atoms with van der Waals surface area (Å²) >= 11 is 1.62. The second kappa shape index (κ2) is 11.2. The summed E-state index contributed by atoms with van der Waals surface area (Å²) in [7, 11) is 0. The number of hydrogen-bond acceptors (Lipinski definition) is 4. The monoisotopic (exact) mass is 469 g/mol. The number of carboxylic acids is 1. The molecule has 0 aliphatic rings. The minimum Gasteiger partial charge on any atom is -0.489 e. The molecule has 170 valence electrons. The molecule has 4 rings (SSSR count). The van der Waals surface area contributed by atoms with Crippen molar-refractivity contribution in [3.05, 3.63) is 120 Å². The second-order valence-corrected chi connectivity index (χ2v) is 8.71. The molecule has 6 heteroatoms. The van der Waals surface area contributed by atoms with Crippen LogP contribution in [-0.2, 0) is 17.8 Å². The number of aromatic carboxylic acids is 1. The first-order valence-corrected chi connectivity index (χ1v) is 11.5. The molecule has 4 aromatic rings. The van der Waals surface area contributed by atoms with E-state index >= 15 is 0 Å². The third kappa shape index (κ3) is 6.49. The van der Waals surface area contributed by atoms with Gasteiger partial charge in [0.25, 0.3) is 0 Å². The molecule has 0 spiro atoms.